The van der Waals surface area contributed by atoms with Crippen molar-refractivity contribution in [2.45, 2.75) is 23.9 Å². The highest BCUT2D eigenvalue weighted by atomic mass is 32.2. The Morgan fingerprint density at radius 1 is 1.00 bits per heavy atom. The van der Waals surface area contributed by atoms with Gasteiger partial charge in [0.15, 0.2) is 9.84 Å². The van der Waals surface area contributed by atoms with Gasteiger partial charge in [-0.1, -0.05) is 36.4 Å². The van der Waals surface area contributed by atoms with E-state index in [9.17, 15) is 21.6 Å². The molecular weight excluding hydrogens is 450 g/mol. The second kappa shape index (κ2) is 9.30. The van der Waals surface area contributed by atoms with Crippen LogP contribution in [0.2, 0.25) is 0 Å². The van der Waals surface area contributed by atoms with Crippen LogP contribution in [-0.2, 0) is 26.4 Å². The number of nitrogens with zero attached hydrogens (tertiary/aromatic N) is 2. The summed E-state index contributed by atoms with van der Waals surface area (Å²) in [5.74, 6) is 0.205. The second-order valence-electron chi connectivity index (χ2n) is 8.22. The number of nitrogens with one attached hydrogen (secondary N) is 1. The van der Waals surface area contributed by atoms with Crippen LogP contribution < -0.4 is 4.72 Å². The van der Waals surface area contributed by atoms with Crippen LogP contribution in [0.15, 0.2) is 59.5 Å². The first-order valence-electron chi connectivity index (χ1n) is 10.6. The van der Waals surface area contributed by atoms with E-state index >= 15 is 0 Å². The van der Waals surface area contributed by atoms with Gasteiger partial charge >= 0.3 is 0 Å². The lowest BCUT2D eigenvalue weighted by Crippen LogP contribution is -2.52. The Morgan fingerprint density at radius 3 is 2.38 bits per heavy atom. The number of benzene rings is 2. The highest BCUT2D eigenvalue weighted by Gasteiger charge is 2.34. The highest BCUT2D eigenvalue weighted by Crippen LogP contribution is 2.20. The van der Waals surface area contributed by atoms with Gasteiger partial charge in [-0.3, -0.25) is 9.69 Å². The molecule has 2 saturated heterocycles. The standard InChI is InChI=1S/C22H27N3O5S2/c26-22(25-12-10-24(11-13-25)20-9-14-31(27,28)17-20)19-7-4-8-21(15-19)32(29,30)23-16-18-5-2-1-3-6-18/h1-8,15,20,23H,9-14,16-17H2/t20-/m1/s1. The fraction of sp³-hybridized carbons (Fsp3) is 0.409. The number of carbonyl (C=O) groups excluding carboxylic acids is 1. The molecule has 4 rings (SSSR count). The van der Waals surface area contributed by atoms with Crippen molar-refractivity contribution in [2.75, 3.05) is 37.7 Å². The SMILES string of the molecule is O=C(c1cccc(S(=O)(=O)NCc2ccccc2)c1)N1CCN([C@@H]2CCS(=O)(=O)C2)CC1. The molecule has 0 aromatic heterocycles. The molecule has 172 valence electrons. The van der Waals surface area contributed by atoms with E-state index in [1.807, 2.05) is 30.3 Å². The van der Waals surface area contributed by atoms with Crippen molar-refractivity contribution < 1.29 is 21.6 Å². The molecular formula is C22H27N3O5S2. The van der Waals surface area contributed by atoms with Gasteiger partial charge in [-0.25, -0.2) is 21.6 Å². The monoisotopic (exact) mass is 477 g/mol. The molecule has 2 fully saturated rings. The van der Waals surface area contributed by atoms with Gasteiger partial charge in [-0.2, -0.15) is 0 Å². The first-order chi connectivity index (χ1) is 15.2. The predicted octanol–water partition coefficient (Wildman–Crippen LogP) is 1.11. The Labute approximate surface area is 189 Å². The third-order valence-electron chi connectivity index (χ3n) is 6.03. The van der Waals surface area contributed by atoms with Crippen LogP contribution in [0, 0.1) is 0 Å². The van der Waals surface area contributed by atoms with E-state index in [2.05, 4.69) is 9.62 Å². The zero-order chi connectivity index (χ0) is 22.8. The average Bonchev–Trinajstić information content (AvgIpc) is 3.18. The third-order valence-corrected chi connectivity index (χ3v) is 9.18. The molecule has 0 saturated carbocycles. The van der Waals surface area contributed by atoms with Gasteiger partial charge < -0.3 is 4.90 Å². The maximum atomic E-state index is 13.0. The van der Waals surface area contributed by atoms with Crippen LogP contribution >= 0.6 is 0 Å². The van der Waals surface area contributed by atoms with Gasteiger partial charge in [-0.15, -0.1) is 0 Å². The fourth-order valence-electron chi connectivity index (χ4n) is 4.19. The molecule has 1 atom stereocenters. The first-order valence-corrected chi connectivity index (χ1v) is 13.9. The minimum absolute atomic E-state index is 0.0291. The molecule has 10 heteroatoms. The molecule has 2 aromatic rings. The maximum Gasteiger partial charge on any atom is 0.253 e. The topological polar surface area (TPSA) is 104 Å². The summed E-state index contributed by atoms with van der Waals surface area (Å²) in [6.45, 7) is 2.36. The Balaban J connectivity index is 1.38. The summed E-state index contributed by atoms with van der Waals surface area (Å²) in [7, 11) is -6.71. The molecule has 2 aliphatic heterocycles. The zero-order valence-electron chi connectivity index (χ0n) is 17.7. The van der Waals surface area contributed by atoms with Crippen molar-refractivity contribution in [3.05, 3.63) is 65.7 Å². The summed E-state index contributed by atoms with van der Waals surface area (Å²) in [4.78, 5) is 16.9. The number of rotatable bonds is 6. The third kappa shape index (κ3) is 5.37. The van der Waals surface area contributed by atoms with E-state index in [1.54, 1.807) is 17.0 Å². The van der Waals surface area contributed by atoms with Crippen molar-refractivity contribution in [3.8, 4) is 0 Å². The summed E-state index contributed by atoms with van der Waals surface area (Å²) in [6, 6.07) is 15.3. The molecule has 0 bridgehead atoms. The van der Waals surface area contributed by atoms with E-state index in [4.69, 9.17) is 0 Å². The minimum atomic E-state index is -3.76. The Bertz CT molecular complexity index is 1180. The number of amides is 1. The van der Waals surface area contributed by atoms with Gasteiger partial charge in [0.05, 0.1) is 16.4 Å². The quantitative estimate of drug-likeness (QED) is 0.669. The number of piperazine rings is 1. The lowest BCUT2D eigenvalue weighted by Gasteiger charge is -2.37. The van der Waals surface area contributed by atoms with Crippen molar-refractivity contribution >= 4 is 25.8 Å². The van der Waals surface area contributed by atoms with Gasteiger partial charge in [-0.05, 0) is 30.2 Å². The van der Waals surface area contributed by atoms with E-state index in [-0.39, 0.29) is 34.9 Å². The Morgan fingerprint density at radius 2 is 1.72 bits per heavy atom. The molecule has 2 heterocycles. The Hall–Kier alpha value is -2.27. The number of sulfonamides is 1. The lowest BCUT2D eigenvalue weighted by molar-refractivity contribution is 0.0587. The average molecular weight is 478 g/mol. The lowest BCUT2D eigenvalue weighted by atomic mass is 10.1. The van der Waals surface area contributed by atoms with E-state index in [1.165, 1.54) is 12.1 Å². The summed E-state index contributed by atoms with van der Waals surface area (Å²) in [6.07, 6.45) is 0.645. The summed E-state index contributed by atoms with van der Waals surface area (Å²) < 4.78 is 51.5. The van der Waals surface area contributed by atoms with Gasteiger partial charge in [0.2, 0.25) is 10.0 Å². The van der Waals surface area contributed by atoms with E-state index in [0.29, 0.717) is 38.2 Å². The molecule has 0 spiro atoms. The normalized spacial score (nSPS) is 21.5. The summed E-state index contributed by atoms with van der Waals surface area (Å²) in [5.41, 5.74) is 1.17. The number of hydrogen-bond acceptors (Lipinski definition) is 6. The van der Waals surface area contributed by atoms with Crippen LogP contribution in [0.1, 0.15) is 22.3 Å². The summed E-state index contributed by atoms with van der Waals surface area (Å²) >= 11 is 0. The smallest absolute Gasteiger partial charge is 0.253 e. The molecule has 1 amide bonds. The van der Waals surface area contributed by atoms with Crippen molar-refractivity contribution in [1.82, 2.24) is 14.5 Å². The minimum Gasteiger partial charge on any atom is -0.336 e. The van der Waals surface area contributed by atoms with Crippen LogP contribution in [-0.4, -0.2) is 76.3 Å². The molecule has 8 nitrogen and oxygen atoms in total. The molecule has 0 radical (unpaired) electrons. The molecule has 0 aliphatic carbocycles. The molecule has 1 N–H and O–H groups in total. The summed E-state index contributed by atoms with van der Waals surface area (Å²) in [5, 5.41) is 0. The number of hydrogen-bond donors (Lipinski definition) is 1. The number of sulfone groups is 1. The van der Waals surface area contributed by atoms with Crippen LogP contribution in [0.3, 0.4) is 0 Å². The largest absolute Gasteiger partial charge is 0.336 e. The zero-order valence-corrected chi connectivity index (χ0v) is 19.3. The molecule has 32 heavy (non-hydrogen) atoms. The van der Waals surface area contributed by atoms with Crippen LogP contribution in [0.5, 0.6) is 0 Å². The Kier molecular flexibility index (Phi) is 6.66. The van der Waals surface area contributed by atoms with Crippen molar-refractivity contribution in [2.24, 2.45) is 0 Å². The highest BCUT2D eigenvalue weighted by molar-refractivity contribution is 7.91. The van der Waals surface area contributed by atoms with Crippen molar-refractivity contribution in [3.63, 3.8) is 0 Å². The number of carbonyl (C=O) groups is 1. The van der Waals surface area contributed by atoms with Crippen molar-refractivity contribution in [1.29, 1.82) is 0 Å². The maximum absolute atomic E-state index is 13.0. The van der Waals surface area contributed by atoms with Gasteiger partial charge in [0.1, 0.15) is 0 Å². The van der Waals surface area contributed by atoms with E-state index < -0.39 is 19.9 Å². The van der Waals surface area contributed by atoms with Crippen LogP contribution in [0.4, 0.5) is 0 Å². The molecule has 0 unspecified atom stereocenters. The second-order valence-corrected chi connectivity index (χ2v) is 12.2. The molecule has 2 aliphatic rings. The van der Waals surface area contributed by atoms with Crippen LogP contribution in [0.25, 0.3) is 0 Å². The molecule has 2 aromatic carbocycles. The van der Waals surface area contributed by atoms with E-state index in [0.717, 1.165) is 5.56 Å². The first kappa shape index (κ1) is 22.9. The van der Waals surface area contributed by atoms with Gasteiger partial charge in [0, 0.05) is 44.3 Å². The fourth-order valence-corrected chi connectivity index (χ4v) is 7.01. The predicted molar refractivity (Wildman–Crippen MR) is 121 cm³/mol. The van der Waals surface area contributed by atoms with Gasteiger partial charge in [0.25, 0.3) is 5.91 Å².